The van der Waals surface area contributed by atoms with Crippen LogP contribution in [0.4, 0.5) is 0 Å². The summed E-state index contributed by atoms with van der Waals surface area (Å²) in [5.41, 5.74) is 0. The minimum Gasteiger partial charge on any atom is -0.301 e. The van der Waals surface area contributed by atoms with E-state index < -0.39 is 0 Å². The van der Waals surface area contributed by atoms with Crippen LogP contribution < -0.4 is 0 Å². The van der Waals surface area contributed by atoms with Crippen LogP contribution in [0.1, 0.15) is 57.8 Å². The highest BCUT2D eigenvalue weighted by atomic mass is 32.1. The second kappa shape index (κ2) is 4.08. The van der Waals surface area contributed by atoms with E-state index in [-0.39, 0.29) is 0 Å². The van der Waals surface area contributed by atoms with Crippen molar-refractivity contribution in [2.24, 2.45) is 5.92 Å². The van der Waals surface area contributed by atoms with Crippen molar-refractivity contribution in [1.29, 1.82) is 0 Å². The zero-order chi connectivity index (χ0) is 11.0. The highest BCUT2D eigenvalue weighted by Crippen LogP contribution is 2.47. The van der Waals surface area contributed by atoms with Gasteiger partial charge >= 0.3 is 0 Å². The minimum absolute atomic E-state index is 0.445. The molecule has 3 nitrogen and oxygen atoms in total. The second-order valence-corrected chi connectivity index (χ2v) is 5.15. The fourth-order valence-corrected chi connectivity index (χ4v) is 2.55. The van der Waals surface area contributed by atoms with Crippen LogP contribution in [0.3, 0.4) is 0 Å². The number of nitrogens with one attached hydrogen (secondary N) is 1. The molecular formula is C11H19N3S. The van der Waals surface area contributed by atoms with E-state index in [4.69, 9.17) is 12.2 Å². The number of hydrogen-bond donors (Lipinski definition) is 1. The molecule has 1 aromatic rings. The summed E-state index contributed by atoms with van der Waals surface area (Å²) in [5, 5.41) is 7.24. The summed E-state index contributed by atoms with van der Waals surface area (Å²) in [6.07, 6.45) is 3.86. The lowest BCUT2D eigenvalue weighted by atomic mass is 10.2. The van der Waals surface area contributed by atoms with Gasteiger partial charge in [-0.25, -0.2) is 0 Å². The molecule has 0 radical (unpaired) electrons. The normalized spacial score (nSPS) is 24.8. The third-order valence-electron chi connectivity index (χ3n) is 3.12. The maximum Gasteiger partial charge on any atom is 0.195 e. The summed E-state index contributed by atoms with van der Waals surface area (Å²) in [6.45, 7) is 6.57. The third kappa shape index (κ3) is 2.00. The van der Waals surface area contributed by atoms with Crippen molar-refractivity contribution in [2.45, 2.75) is 52.0 Å². The van der Waals surface area contributed by atoms with E-state index in [1.54, 1.807) is 0 Å². The molecule has 2 rings (SSSR count). The van der Waals surface area contributed by atoms with E-state index in [9.17, 15) is 0 Å². The molecule has 1 fully saturated rings. The Kier molecular flexibility index (Phi) is 2.96. The maximum absolute atomic E-state index is 5.29. The molecule has 2 atom stereocenters. The molecule has 4 heteroatoms. The predicted molar refractivity (Wildman–Crippen MR) is 63.6 cm³/mol. The molecule has 1 heterocycles. The summed E-state index contributed by atoms with van der Waals surface area (Å²) >= 11 is 5.29. The van der Waals surface area contributed by atoms with Crippen molar-refractivity contribution < 1.29 is 0 Å². The zero-order valence-electron chi connectivity index (χ0n) is 9.66. The van der Waals surface area contributed by atoms with Gasteiger partial charge < -0.3 is 4.57 Å². The Bertz CT molecular complexity index is 391. The Morgan fingerprint density at radius 2 is 2.33 bits per heavy atom. The molecule has 1 saturated carbocycles. The number of hydrogen-bond acceptors (Lipinski definition) is 2. The van der Waals surface area contributed by atoms with Crippen LogP contribution in [0, 0.1) is 10.7 Å². The highest BCUT2D eigenvalue weighted by Gasteiger charge is 2.39. The summed E-state index contributed by atoms with van der Waals surface area (Å²) in [7, 11) is 0. The number of H-pyrrole nitrogens is 1. The van der Waals surface area contributed by atoms with E-state index in [0.717, 1.165) is 16.5 Å². The van der Waals surface area contributed by atoms with Gasteiger partial charge in [-0.2, -0.15) is 5.10 Å². The van der Waals surface area contributed by atoms with Crippen LogP contribution in [-0.2, 0) is 0 Å². The molecule has 2 unspecified atom stereocenters. The van der Waals surface area contributed by atoms with Crippen LogP contribution in [-0.4, -0.2) is 14.8 Å². The first-order valence-corrected chi connectivity index (χ1v) is 6.22. The number of aromatic nitrogens is 3. The van der Waals surface area contributed by atoms with Gasteiger partial charge in [0.25, 0.3) is 0 Å². The average molecular weight is 225 g/mol. The number of aromatic amines is 1. The topological polar surface area (TPSA) is 33.6 Å². The Morgan fingerprint density at radius 3 is 2.93 bits per heavy atom. The third-order valence-corrected chi connectivity index (χ3v) is 3.41. The smallest absolute Gasteiger partial charge is 0.195 e. The SMILES string of the molecule is CCCC1CC1n1c(C(C)C)n[nH]c1=S. The molecule has 0 saturated heterocycles. The average Bonchev–Trinajstić information content (AvgIpc) is 2.80. The van der Waals surface area contributed by atoms with E-state index in [1.165, 1.54) is 19.3 Å². The van der Waals surface area contributed by atoms with Gasteiger partial charge in [0.15, 0.2) is 4.77 Å². The standard InChI is InChI=1S/C11H19N3S/c1-4-5-8-6-9(8)14-10(7(2)3)12-13-11(14)15/h7-9H,4-6H2,1-3H3,(H,13,15). The molecule has 0 bridgehead atoms. The lowest BCUT2D eigenvalue weighted by molar-refractivity contribution is 0.567. The lowest BCUT2D eigenvalue weighted by Gasteiger charge is -2.08. The fourth-order valence-electron chi connectivity index (χ4n) is 2.27. The minimum atomic E-state index is 0.445. The molecule has 84 valence electrons. The molecule has 1 aliphatic carbocycles. The van der Waals surface area contributed by atoms with Crippen LogP contribution in [0.2, 0.25) is 0 Å². The molecule has 1 aliphatic rings. The van der Waals surface area contributed by atoms with E-state index in [1.807, 2.05) is 0 Å². The quantitative estimate of drug-likeness (QED) is 0.796. The van der Waals surface area contributed by atoms with Crippen molar-refractivity contribution in [2.75, 3.05) is 0 Å². The number of nitrogens with zero attached hydrogens (tertiary/aromatic N) is 2. The first-order valence-electron chi connectivity index (χ1n) is 5.82. The fraction of sp³-hybridized carbons (Fsp3) is 0.818. The summed E-state index contributed by atoms with van der Waals surface area (Å²) in [6, 6.07) is 0.619. The Hall–Kier alpha value is -0.640. The van der Waals surface area contributed by atoms with Gasteiger partial charge in [-0.1, -0.05) is 27.2 Å². The predicted octanol–water partition coefficient (Wildman–Crippen LogP) is 3.43. The van der Waals surface area contributed by atoms with Gasteiger partial charge in [0.05, 0.1) is 0 Å². The van der Waals surface area contributed by atoms with Gasteiger partial charge in [0.1, 0.15) is 5.82 Å². The van der Waals surface area contributed by atoms with Gasteiger partial charge in [-0.05, 0) is 31.0 Å². The van der Waals surface area contributed by atoms with E-state index in [0.29, 0.717) is 12.0 Å². The largest absolute Gasteiger partial charge is 0.301 e. The molecule has 1 aromatic heterocycles. The molecule has 15 heavy (non-hydrogen) atoms. The van der Waals surface area contributed by atoms with Gasteiger partial charge in [-0.15, -0.1) is 0 Å². The summed E-state index contributed by atoms with van der Waals surface area (Å²) < 4.78 is 3.03. The molecule has 0 aromatic carbocycles. The van der Waals surface area contributed by atoms with Crippen molar-refractivity contribution in [3.8, 4) is 0 Å². The summed E-state index contributed by atoms with van der Waals surface area (Å²) in [4.78, 5) is 0. The molecule has 0 spiro atoms. The number of rotatable bonds is 4. The Labute approximate surface area is 95.9 Å². The van der Waals surface area contributed by atoms with Crippen LogP contribution >= 0.6 is 12.2 Å². The molecule has 1 N–H and O–H groups in total. The van der Waals surface area contributed by atoms with E-state index in [2.05, 4.69) is 35.5 Å². The van der Waals surface area contributed by atoms with Crippen molar-refractivity contribution in [3.05, 3.63) is 10.6 Å². The van der Waals surface area contributed by atoms with Crippen LogP contribution in [0.5, 0.6) is 0 Å². The maximum atomic E-state index is 5.29. The first-order chi connectivity index (χ1) is 7.15. The first kappa shape index (κ1) is 10.9. The Balaban J connectivity index is 2.22. The molecule has 0 amide bonds. The van der Waals surface area contributed by atoms with Gasteiger partial charge in [0, 0.05) is 12.0 Å². The second-order valence-electron chi connectivity index (χ2n) is 4.76. The van der Waals surface area contributed by atoms with Gasteiger partial charge in [0.2, 0.25) is 0 Å². The van der Waals surface area contributed by atoms with Crippen molar-refractivity contribution >= 4 is 12.2 Å². The molecule has 0 aliphatic heterocycles. The zero-order valence-corrected chi connectivity index (χ0v) is 10.5. The monoisotopic (exact) mass is 225 g/mol. The van der Waals surface area contributed by atoms with Crippen molar-refractivity contribution in [3.63, 3.8) is 0 Å². The highest BCUT2D eigenvalue weighted by molar-refractivity contribution is 7.71. The van der Waals surface area contributed by atoms with Crippen LogP contribution in [0.25, 0.3) is 0 Å². The Morgan fingerprint density at radius 1 is 1.60 bits per heavy atom. The summed E-state index contributed by atoms with van der Waals surface area (Å²) in [5.74, 6) is 2.39. The molecular weight excluding hydrogens is 206 g/mol. The van der Waals surface area contributed by atoms with Crippen molar-refractivity contribution in [1.82, 2.24) is 14.8 Å². The lowest BCUT2D eigenvalue weighted by Crippen LogP contribution is -2.05. The van der Waals surface area contributed by atoms with Gasteiger partial charge in [-0.3, -0.25) is 5.10 Å². The van der Waals surface area contributed by atoms with Crippen LogP contribution in [0.15, 0.2) is 0 Å². The van der Waals surface area contributed by atoms with E-state index >= 15 is 0 Å².